The van der Waals surface area contributed by atoms with Gasteiger partial charge in [0, 0.05) is 12.5 Å². The van der Waals surface area contributed by atoms with Gasteiger partial charge >= 0.3 is 0 Å². The number of guanidine groups is 1. The van der Waals surface area contributed by atoms with Gasteiger partial charge < -0.3 is 15.8 Å². The number of likely N-dealkylation sites (N-methyl/N-ethyl adjacent to an activating group) is 1. The second-order valence-electron chi connectivity index (χ2n) is 6.08. The zero-order valence-corrected chi connectivity index (χ0v) is 13.3. The molecule has 0 bridgehead atoms. The third-order valence-corrected chi connectivity index (χ3v) is 4.60. The number of fused-ring (bicyclic) bond motifs is 1. The van der Waals surface area contributed by atoms with E-state index in [2.05, 4.69) is 34.3 Å². The van der Waals surface area contributed by atoms with Crippen molar-refractivity contribution in [3.05, 3.63) is 29.8 Å². The van der Waals surface area contributed by atoms with Gasteiger partial charge in [-0.25, -0.2) is 0 Å². The SMILES string of the molecule is CCN1CCCC1CN=C(N)NCC1Cc2ccccc2O1. The molecule has 5 nitrogen and oxygen atoms in total. The van der Waals surface area contributed by atoms with E-state index in [-0.39, 0.29) is 6.10 Å². The summed E-state index contributed by atoms with van der Waals surface area (Å²) in [6.45, 7) is 5.99. The van der Waals surface area contributed by atoms with Crippen LogP contribution in [0.25, 0.3) is 0 Å². The molecule has 0 amide bonds. The average molecular weight is 302 g/mol. The molecule has 0 radical (unpaired) electrons. The number of rotatable bonds is 5. The van der Waals surface area contributed by atoms with Crippen LogP contribution in [0.5, 0.6) is 5.75 Å². The van der Waals surface area contributed by atoms with Gasteiger partial charge in [-0.2, -0.15) is 0 Å². The lowest BCUT2D eigenvalue weighted by Gasteiger charge is -2.21. The van der Waals surface area contributed by atoms with Gasteiger partial charge in [0.15, 0.2) is 5.96 Å². The first kappa shape index (κ1) is 15.2. The number of nitrogens with zero attached hydrogens (tertiary/aromatic N) is 2. The molecule has 1 aromatic carbocycles. The summed E-state index contributed by atoms with van der Waals surface area (Å²) in [5.74, 6) is 1.52. The Morgan fingerprint density at radius 2 is 2.32 bits per heavy atom. The summed E-state index contributed by atoms with van der Waals surface area (Å²) in [6.07, 6.45) is 3.58. The first-order valence-electron chi connectivity index (χ1n) is 8.28. The van der Waals surface area contributed by atoms with Crippen LogP contribution in [-0.2, 0) is 6.42 Å². The average Bonchev–Trinajstić information content (AvgIpc) is 3.16. The molecule has 22 heavy (non-hydrogen) atoms. The third kappa shape index (κ3) is 3.53. The van der Waals surface area contributed by atoms with Gasteiger partial charge in [-0.05, 0) is 37.6 Å². The molecule has 0 aromatic heterocycles. The molecule has 0 aliphatic carbocycles. The summed E-state index contributed by atoms with van der Waals surface area (Å²) in [5.41, 5.74) is 7.26. The number of hydrogen-bond acceptors (Lipinski definition) is 3. The summed E-state index contributed by atoms with van der Waals surface area (Å²) in [5, 5.41) is 3.20. The summed E-state index contributed by atoms with van der Waals surface area (Å²) >= 11 is 0. The van der Waals surface area contributed by atoms with Crippen molar-refractivity contribution in [1.29, 1.82) is 0 Å². The molecule has 0 saturated carbocycles. The van der Waals surface area contributed by atoms with Crippen LogP contribution >= 0.6 is 0 Å². The van der Waals surface area contributed by atoms with Crippen molar-refractivity contribution in [2.24, 2.45) is 10.7 Å². The lowest BCUT2D eigenvalue weighted by molar-refractivity contribution is 0.235. The minimum absolute atomic E-state index is 0.143. The van der Waals surface area contributed by atoms with Gasteiger partial charge in [0.05, 0.1) is 13.1 Å². The number of para-hydroxylation sites is 1. The molecule has 2 aliphatic rings. The van der Waals surface area contributed by atoms with E-state index in [1.165, 1.54) is 24.9 Å². The van der Waals surface area contributed by atoms with E-state index < -0.39 is 0 Å². The molecule has 5 heteroatoms. The predicted molar refractivity (Wildman–Crippen MR) is 89.3 cm³/mol. The predicted octanol–water partition coefficient (Wildman–Crippen LogP) is 1.38. The summed E-state index contributed by atoms with van der Waals surface area (Å²) in [6, 6.07) is 8.75. The zero-order chi connectivity index (χ0) is 15.4. The molecular formula is C17H26N4O. The van der Waals surface area contributed by atoms with Gasteiger partial charge in [0.2, 0.25) is 0 Å². The van der Waals surface area contributed by atoms with E-state index in [1.54, 1.807) is 0 Å². The van der Waals surface area contributed by atoms with Crippen molar-refractivity contribution in [3.8, 4) is 5.75 Å². The van der Waals surface area contributed by atoms with E-state index in [0.29, 0.717) is 18.5 Å². The molecule has 0 spiro atoms. The lowest BCUT2D eigenvalue weighted by atomic mass is 10.1. The van der Waals surface area contributed by atoms with E-state index >= 15 is 0 Å². The van der Waals surface area contributed by atoms with Crippen LogP contribution in [0.1, 0.15) is 25.3 Å². The fraction of sp³-hybridized carbons (Fsp3) is 0.588. The Labute approximate surface area is 132 Å². The van der Waals surface area contributed by atoms with Crippen molar-refractivity contribution in [2.75, 3.05) is 26.2 Å². The van der Waals surface area contributed by atoms with Crippen LogP contribution in [0.4, 0.5) is 0 Å². The topological polar surface area (TPSA) is 62.9 Å². The van der Waals surface area contributed by atoms with Crippen LogP contribution in [-0.4, -0.2) is 49.2 Å². The molecule has 1 fully saturated rings. The Balaban J connectivity index is 1.43. The molecule has 1 saturated heterocycles. The van der Waals surface area contributed by atoms with Crippen LogP contribution in [0.15, 0.2) is 29.3 Å². The number of nitrogens with two attached hydrogens (primary N) is 1. The van der Waals surface area contributed by atoms with Crippen molar-refractivity contribution >= 4 is 5.96 Å². The largest absolute Gasteiger partial charge is 0.488 e. The van der Waals surface area contributed by atoms with Gasteiger partial charge in [-0.15, -0.1) is 0 Å². The second-order valence-corrected chi connectivity index (χ2v) is 6.08. The lowest BCUT2D eigenvalue weighted by Crippen LogP contribution is -2.40. The monoisotopic (exact) mass is 302 g/mol. The second kappa shape index (κ2) is 7.01. The minimum Gasteiger partial charge on any atom is -0.488 e. The molecule has 3 rings (SSSR count). The number of nitrogens with one attached hydrogen (secondary N) is 1. The Kier molecular flexibility index (Phi) is 4.83. The Hall–Kier alpha value is -1.75. The van der Waals surface area contributed by atoms with Gasteiger partial charge in [-0.1, -0.05) is 25.1 Å². The standard InChI is InChI=1S/C17H26N4O/c1-2-21-9-5-7-14(21)11-19-17(18)20-12-15-10-13-6-3-4-8-16(13)22-15/h3-4,6,8,14-15H,2,5,7,9-12H2,1H3,(H3,18,19,20). The smallest absolute Gasteiger partial charge is 0.188 e. The van der Waals surface area contributed by atoms with Crippen molar-refractivity contribution in [2.45, 2.75) is 38.3 Å². The minimum atomic E-state index is 0.143. The Bertz CT molecular complexity index is 506. The van der Waals surface area contributed by atoms with E-state index in [0.717, 1.165) is 25.3 Å². The highest BCUT2D eigenvalue weighted by molar-refractivity contribution is 5.77. The maximum Gasteiger partial charge on any atom is 0.188 e. The van der Waals surface area contributed by atoms with Crippen molar-refractivity contribution in [1.82, 2.24) is 10.2 Å². The number of hydrogen-bond donors (Lipinski definition) is 2. The molecule has 120 valence electrons. The highest BCUT2D eigenvalue weighted by Gasteiger charge is 2.23. The van der Waals surface area contributed by atoms with E-state index in [4.69, 9.17) is 10.5 Å². The van der Waals surface area contributed by atoms with Crippen LogP contribution in [0.3, 0.4) is 0 Å². The van der Waals surface area contributed by atoms with Gasteiger partial charge in [-0.3, -0.25) is 9.89 Å². The molecule has 2 aliphatic heterocycles. The number of likely N-dealkylation sites (tertiary alicyclic amines) is 1. The highest BCUT2D eigenvalue weighted by atomic mass is 16.5. The maximum absolute atomic E-state index is 5.99. The first-order valence-corrected chi connectivity index (χ1v) is 8.28. The Morgan fingerprint density at radius 3 is 3.14 bits per heavy atom. The van der Waals surface area contributed by atoms with Crippen molar-refractivity contribution < 1.29 is 4.74 Å². The zero-order valence-electron chi connectivity index (χ0n) is 13.3. The van der Waals surface area contributed by atoms with Gasteiger partial charge in [0.25, 0.3) is 0 Å². The summed E-state index contributed by atoms with van der Waals surface area (Å²) < 4.78 is 5.89. The quantitative estimate of drug-likeness (QED) is 0.637. The van der Waals surface area contributed by atoms with Crippen LogP contribution in [0.2, 0.25) is 0 Å². The third-order valence-electron chi connectivity index (χ3n) is 4.60. The molecule has 3 N–H and O–H groups in total. The van der Waals surface area contributed by atoms with Crippen LogP contribution < -0.4 is 15.8 Å². The first-order chi connectivity index (χ1) is 10.8. The Morgan fingerprint density at radius 1 is 1.45 bits per heavy atom. The summed E-state index contributed by atoms with van der Waals surface area (Å²) in [7, 11) is 0. The fourth-order valence-electron chi connectivity index (χ4n) is 3.36. The van der Waals surface area contributed by atoms with E-state index in [1.807, 2.05) is 12.1 Å². The highest BCUT2D eigenvalue weighted by Crippen LogP contribution is 2.27. The molecule has 2 heterocycles. The van der Waals surface area contributed by atoms with Gasteiger partial charge in [0.1, 0.15) is 11.9 Å². The number of benzene rings is 1. The normalized spacial score (nSPS) is 25.0. The molecule has 1 aromatic rings. The number of ether oxygens (including phenoxy) is 1. The van der Waals surface area contributed by atoms with Crippen molar-refractivity contribution in [3.63, 3.8) is 0 Å². The summed E-state index contributed by atoms with van der Waals surface area (Å²) in [4.78, 5) is 6.98. The fourth-order valence-corrected chi connectivity index (χ4v) is 3.36. The molecule has 2 unspecified atom stereocenters. The number of aliphatic imine (C=N–C) groups is 1. The molecule has 2 atom stereocenters. The molecular weight excluding hydrogens is 276 g/mol. The van der Waals surface area contributed by atoms with Crippen LogP contribution in [0, 0.1) is 0 Å². The maximum atomic E-state index is 5.99. The van der Waals surface area contributed by atoms with E-state index in [9.17, 15) is 0 Å².